The third kappa shape index (κ3) is 6.17. The Kier molecular flexibility index (Phi) is 7.47. The van der Waals surface area contributed by atoms with Crippen molar-refractivity contribution in [1.29, 1.82) is 0 Å². The van der Waals surface area contributed by atoms with Gasteiger partial charge in [-0.15, -0.1) is 0 Å². The fourth-order valence-electron chi connectivity index (χ4n) is 4.13. The Morgan fingerprint density at radius 1 is 0.973 bits per heavy atom. The number of nitrogens with zero attached hydrogens (tertiary/aromatic N) is 4. The first kappa shape index (κ1) is 24.1. The van der Waals surface area contributed by atoms with E-state index in [1.165, 1.54) is 6.08 Å². The largest absolute Gasteiger partial charge is 0.378 e. The number of benzene rings is 2. The number of carbonyl (C=O) groups excluding carboxylic acids is 2. The number of hydrogen-bond acceptors (Lipinski definition) is 5. The fourth-order valence-corrected chi connectivity index (χ4v) is 4.13. The molecule has 0 spiro atoms. The molecule has 1 N–H and O–H groups in total. The Labute approximate surface area is 215 Å². The lowest BCUT2D eigenvalue weighted by molar-refractivity contribution is -0.111. The lowest BCUT2D eigenvalue weighted by atomic mass is 10.1. The number of amides is 2. The van der Waals surface area contributed by atoms with Crippen LogP contribution < -0.4 is 5.32 Å². The number of carbonyl (C=O) groups is 2. The monoisotopic (exact) mass is 493 g/mol. The Balaban J connectivity index is 1.28. The fraction of sp³-hybridized carbons (Fsp3) is 0.172. The molecule has 2 aromatic carbocycles. The molecule has 2 amide bonds. The van der Waals surface area contributed by atoms with Gasteiger partial charge in [-0.1, -0.05) is 30.3 Å². The normalized spacial score (nSPS) is 13.6. The van der Waals surface area contributed by atoms with Crippen molar-refractivity contribution in [2.24, 2.45) is 0 Å². The molecule has 0 unspecified atom stereocenters. The molecule has 37 heavy (non-hydrogen) atoms. The van der Waals surface area contributed by atoms with Crippen LogP contribution in [0.2, 0.25) is 0 Å². The molecule has 0 aliphatic carbocycles. The number of hydrogen-bond donors (Lipinski definition) is 1. The predicted octanol–water partition coefficient (Wildman–Crippen LogP) is 4.12. The highest BCUT2D eigenvalue weighted by molar-refractivity contribution is 6.02. The first-order valence-electron chi connectivity index (χ1n) is 12.1. The van der Waals surface area contributed by atoms with Gasteiger partial charge in [0.1, 0.15) is 5.69 Å². The highest BCUT2D eigenvalue weighted by Gasteiger charge is 2.18. The quantitative estimate of drug-likeness (QED) is 0.391. The average molecular weight is 494 g/mol. The molecule has 0 radical (unpaired) electrons. The lowest BCUT2D eigenvalue weighted by Crippen LogP contribution is -2.40. The summed E-state index contributed by atoms with van der Waals surface area (Å²) < 4.78 is 7.17. The summed E-state index contributed by atoms with van der Waals surface area (Å²) in [6.07, 6.45) is 8.63. The van der Waals surface area contributed by atoms with Crippen LogP contribution in [0.5, 0.6) is 0 Å². The lowest BCUT2D eigenvalue weighted by Gasteiger charge is -2.26. The van der Waals surface area contributed by atoms with Crippen LogP contribution in [-0.4, -0.2) is 57.8 Å². The number of aromatic nitrogens is 3. The van der Waals surface area contributed by atoms with Crippen molar-refractivity contribution in [2.45, 2.75) is 6.54 Å². The maximum Gasteiger partial charge on any atom is 0.254 e. The molecule has 1 aliphatic rings. The molecule has 0 atom stereocenters. The van der Waals surface area contributed by atoms with Gasteiger partial charge in [0.25, 0.3) is 5.91 Å². The molecule has 186 valence electrons. The second kappa shape index (κ2) is 11.5. The van der Waals surface area contributed by atoms with Gasteiger partial charge < -0.3 is 15.0 Å². The molecule has 3 heterocycles. The Morgan fingerprint density at radius 2 is 1.76 bits per heavy atom. The zero-order valence-electron chi connectivity index (χ0n) is 20.3. The van der Waals surface area contributed by atoms with Gasteiger partial charge in [0.2, 0.25) is 5.91 Å². The van der Waals surface area contributed by atoms with Gasteiger partial charge in [0.15, 0.2) is 0 Å². The number of nitrogens with one attached hydrogen (secondary N) is 1. The summed E-state index contributed by atoms with van der Waals surface area (Å²) in [6, 6.07) is 20.8. The van der Waals surface area contributed by atoms with E-state index in [-0.39, 0.29) is 11.8 Å². The van der Waals surface area contributed by atoms with Crippen LogP contribution in [0.3, 0.4) is 0 Å². The molecule has 5 rings (SSSR count). The first-order valence-corrected chi connectivity index (χ1v) is 12.1. The standard InChI is InChI=1S/C29H27N5O3/c35-27(31-26-11-8-23(9-12-26)29(36)33-15-17-37-18-16-33)13-10-25-21-34(20-22-5-2-1-3-6-22)32-28(25)24-7-4-14-30-19-24/h1-14,19,21H,15-18,20H2,(H,31,35)/b13-10+. The smallest absolute Gasteiger partial charge is 0.254 e. The van der Waals surface area contributed by atoms with Crippen molar-refractivity contribution < 1.29 is 14.3 Å². The number of pyridine rings is 1. The molecule has 2 aromatic heterocycles. The minimum absolute atomic E-state index is 0.0310. The molecule has 0 bridgehead atoms. The van der Waals surface area contributed by atoms with E-state index in [0.29, 0.717) is 44.1 Å². The second-order valence-electron chi connectivity index (χ2n) is 8.66. The van der Waals surface area contributed by atoms with Gasteiger partial charge in [-0.2, -0.15) is 5.10 Å². The zero-order valence-corrected chi connectivity index (χ0v) is 20.3. The van der Waals surface area contributed by atoms with Crippen molar-refractivity contribution in [3.05, 3.63) is 108 Å². The zero-order chi connectivity index (χ0) is 25.5. The summed E-state index contributed by atoms with van der Waals surface area (Å²) in [5.41, 5.74) is 4.76. The van der Waals surface area contributed by atoms with Crippen LogP contribution in [0, 0.1) is 0 Å². The molecular formula is C29H27N5O3. The summed E-state index contributed by atoms with van der Waals surface area (Å²) in [6.45, 7) is 2.90. The number of ether oxygens (including phenoxy) is 1. The van der Waals surface area contributed by atoms with Crippen molar-refractivity contribution in [2.75, 3.05) is 31.6 Å². The topological polar surface area (TPSA) is 89.3 Å². The number of morpholine rings is 1. The third-order valence-electron chi connectivity index (χ3n) is 6.02. The van der Waals surface area contributed by atoms with Crippen LogP contribution in [0.15, 0.2) is 91.4 Å². The molecular weight excluding hydrogens is 466 g/mol. The van der Waals surface area contributed by atoms with Gasteiger partial charge in [-0.05, 0) is 48.0 Å². The SMILES string of the molecule is O=C(/C=C/c1cn(Cc2ccccc2)nc1-c1cccnc1)Nc1ccc(C(=O)N2CCOCC2)cc1. The van der Waals surface area contributed by atoms with E-state index in [0.717, 1.165) is 22.4 Å². The van der Waals surface area contributed by atoms with Crippen molar-refractivity contribution in [3.63, 3.8) is 0 Å². The molecule has 0 saturated carbocycles. The molecule has 8 nitrogen and oxygen atoms in total. The van der Waals surface area contributed by atoms with E-state index in [9.17, 15) is 9.59 Å². The van der Waals surface area contributed by atoms with Crippen LogP contribution in [0.1, 0.15) is 21.5 Å². The van der Waals surface area contributed by atoms with Crippen LogP contribution >= 0.6 is 0 Å². The van der Waals surface area contributed by atoms with Gasteiger partial charge in [0, 0.05) is 60.1 Å². The molecule has 1 fully saturated rings. The molecule has 1 saturated heterocycles. The van der Waals surface area contributed by atoms with Gasteiger partial charge in [0.05, 0.1) is 19.8 Å². The summed E-state index contributed by atoms with van der Waals surface area (Å²) in [4.78, 5) is 31.3. The van der Waals surface area contributed by atoms with E-state index >= 15 is 0 Å². The van der Waals surface area contributed by atoms with Gasteiger partial charge in [-0.3, -0.25) is 19.3 Å². The van der Waals surface area contributed by atoms with Gasteiger partial charge in [-0.25, -0.2) is 0 Å². The number of rotatable bonds is 7. The van der Waals surface area contributed by atoms with Crippen molar-refractivity contribution >= 4 is 23.6 Å². The van der Waals surface area contributed by atoms with E-state index in [1.54, 1.807) is 47.6 Å². The van der Waals surface area contributed by atoms with Crippen LogP contribution in [0.4, 0.5) is 5.69 Å². The molecule has 1 aliphatic heterocycles. The Bertz CT molecular complexity index is 1380. The van der Waals surface area contributed by atoms with E-state index < -0.39 is 0 Å². The van der Waals surface area contributed by atoms with Gasteiger partial charge >= 0.3 is 0 Å². The second-order valence-corrected chi connectivity index (χ2v) is 8.66. The summed E-state index contributed by atoms with van der Waals surface area (Å²) in [5.74, 6) is -0.309. The summed E-state index contributed by atoms with van der Waals surface area (Å²) >= 11 is 0. The Hall–Kier alpha value is -4.56. The summed E-state index contributed by atoms with van der Waals surface area (Å²) in [5, 5.41) is 7.61. The molecule has 4 aromatic rings. The minimum Gasteiger partial charge on any atom is -0.378 e. The van der Waals surface area contributed by atoms with Crippen LogP contribution in [0.25, 0.3) is 17.3 Å². The highest BCUT2D eigenvalue weighted by Crippen LogP contribution is 2.23. The van der Waals surface area contributed by atoms with Crippen molar-refractivity contribution in [3.8, 4) is 11.3 Å². The minimum atomic E-state index is -0.278. The maximum atomic E-state index is 12.7. The highest BCUT2D eigenvalue weighted by atomic mass is 16.5. The predicted molar refractivity (Wildman–Crippen MR) is 142 cm³/mol. The van der Waals surface area contributed by atoms with Crippen LogP contribution in [-0.2, 0) is 16.1 Å². The Morgan fingerprint density at radius 3 is 2.49 bits per heavy atom. The molecule has 8 heteroatoms. The number of anilines is 1. The average Bonchev–Trinajstić information content (AvgIpc) is 3.36. The summed E-state index contributed by atoms with van der Waals surface area (Å²) in [7, 11) is 0. The van der Waals surface area contributed by atoms with Crippen molar-refractivity contribution in [1.82, 2.24) is 19.7 Å². The van der Waals surface area contributed by atoms with E-state index in [2.05, 4.69) is 10.3 Å². The third-order valence-corrected chi connectivity index (χ3v) is 6.02. The maximum absolute atomic E-state index is 12.7. The van der Waals surface area contributed by atoms with E-state index in [4.69, 9.17) is 9.84 Å². The first-order chi connectivity index (χ1) is 18.2. The van der Waals surface area contributed by atoms with E-state index in [1.807, 2.05) is 53.3 Å².